The number of ketones is 2. The molecule has 2 aromatic heterocycles. The van der Waals surface area contributed by atoms with Crippen LogP contribution in [-0.2, 0) is 22.7 Å². The van der Waals surface area contributed by atoms with Crippen molar-refractivity contribution in [3.8, 4) is 0 Å². The summed E-state index contributed by atoms with van der Waals surface area (Å²) < 4.78 is 0. The number of carboxylic acid groups (broad SMARTS) is 1. The van der Waals surface area contributed by atoms with Gasteiger partial charge < -0.3 is 26.4 Å². The molecule has 15 heteroatoms. The van der Waals surface area contributed by atoms with Gasteiger partial charge in [0.25, 0.3) is 5.91 Å². The first-order chi connectivity index (χ1) is 36.5. The van der Waals surface area contributed by atoms with E-state index in [0.29, 0.717) is 63.9 Å². The standard InChI is InChI=1S/C31H42N4O3.C25H37N3O4.C6H7N/c1-29(38)15-16-30(2)20(17-29)9-10-22-23-11-12-25(31(23,3)14-13-24(22)30)27(36)19-35-32-18-26(34-35)28(37)33-21-7-5-4-6-8-21;1-23(32)10-11-24(2)15(12-23)4-5-16-17-6-7-19(25(17,3)9-8-18(16)24)21(29)14-28-26-13-20(27-28)22(30)31;7-6-4-2-1-3-5-6/h4-8,18,20,22-25,38H,9-17,19H2,1-3H3,(H,33,37);13,15-19,32H,4-12,14H2,1-3H3,(H,30,31);1-5H,7H2/t20-,22+,23+,24+,25-,29-,30+,31+;15-,16+,17+,18+,19-,23-,24+,25+;/m11./s1. The molecule has 2 heterocycles. The zero-order valence-electron chi connectivity index (χ0n) is 46.6. The summed E-state index contributed by atoms with van der Waals surface area (Å²) in [6, 6.07) is 18.7. The number of hydrogen-bond acceptors (Lipinski definition) is 11. The van der Waals surface area contributed by atoms with Crippen LogP contribution in [0.15, 0.2) is 73.1 Å². The largest absolute Gasteiger partial charge is 0.476 e. The number of benzene rings is 2. The maximum Gasteiger partial charge on any atom is 0.358 e. The smallest absolute Gasteiger partial charge is 0.358 e. The van der Waals surface area contributed by atoms with Crippen LogP contribution in [0.2, 0.25) is 0 Å². The third-order valence-corrected chi connectivity index (χ3v) is 22.6. The zero-order chi connectivity index (χ0) is 54.7. The minimum absolute atomic E-state index is 0.00495. The Bertz CT molecular complexity index is 2780. The molecule has 16 atom stereocenters. The molecule has 0 unspecified atom stereocenters. The van der Waals surface area contributed by atoms with Crippen LogP contribution in [0.25, 0.3) is 0 Å². The van der Waals surface area contributed by atoms with Crippen LogP contribution < -0.4 is 11.1 Å². The third-order valence-electron chi connectivity index (χ3n) is 22.6. The highest BCUT2D eigenvalue weighted by molar-refractivity contribution is 6.02. The van der Waals surface area contributed by atoms with Crippen molar-refractivity contribution >= 4 is 34.8 Å². The second kappa shape index (κ2) is 21.1. The summed E-state index contributed by atoms with van der Waals surface area (Å²) in [6.07, 6.45) is 22.1. The van der Waals surface area contributed by atoms with Gasteiger partial charge in [-0.05, 0) is 223 Å². The number of anilines is 2. The monoisotopic (exact) mass is 1050 g/mol. The van der Waals surface area contributed by atoms with Gasteiger partial charge in [-0.15, -0.1) is 10.2 Å². The van der Waals surface area contributed by atoms with Gasteiger partial charge in [-0.3, -0.25) is 14.4 Å². The van der Waals surface area contributed by atoms with Crippen molar-refractivity contribution in [2.24, 2.45) is 80.8 Å². The molecule has 6 N–H and O–H groups in total. The van der Waals surface area contributed by atoms with Crippen LogP contribution in [0.4, 0.5) is 11.4 Å². The Kier molecular flexibility index (Phi) is 15.1. The van der Waals surface area contributed by atoms with Crippen LogP contribution in [-0.4, -0.2) is 80.0 Å². The summed E-state index contributed by atoms with van der Waals surface area (Å²) in [7, 11) is 0. The SMILES string of the molecule is C[C@@]1(O)CC[C@@]2(C)[C@H](CC[C@@H]3[C@@H]2CC[C@]2(C)[C@@H](C(=O)Cn4ncc(C(=O)Nc5ccccc5)n4)CC[C@@H]32)C1.C[C@@]1(O)CC[C@@]2(C)[C@H](CC[C@@H]3[C@@H]2CC[C@]2(C)[C@@H](C(=O)Cn4ncc(C(=O)O)n4)CC[C@@H]32)C1.Nc1ccccc1. The number of nitrogens with zero attached hydrogens (tertiary/aromatic N) is 6. The van der Waals surface area contributed by atoms with E-state index in [2.05, 4.69) is 53.4 Å². The van der Waals surface area contributed by atoms with E-state index in [0.717, 1.165) is 82.7 Å². The molecule has 77 heavy (non-hydrogen) atoms. The number of carbonyl (C=O) groups is 4. The molecule has 0 radical (unpaired) electrons. The summed E-state index contributed by atoms with van der Waals surface area (Å²) in [5.74, 6) is 4.12. The molecule has 1 amide bonds. The summed E-state index contributed by atoms with van der Waals surface area (Å²) in [5.41, 5.74) is 6.65. The predicted molar refractivity (Wildman–Crippen MR) is 294 cm³/mol. The molecule has 8 saturated carbocycles. The minimum atomic E-state index is -1.12. The number of amides is 1. The molecule has 416 valence electrons. The lowest BCUT2D eigenvalue weighted by Gasteiger charge is -2.61. The summed E-state index contributed by atoms with van der Waals surface area (Å²) in [5, 5.41) is 49.8. The molecule has 0 saturated heterocycles. The zero-order valence-corrected chi connectivity index (χ0v) is 46.6. The van der Waals surface area contributed by atoms with Crippen molar-refractivity contribution < 1.29 is 34.5 Å². The number of carbonyl (C=O) groups excluding carboxylic acids is 3. The summed E-state index contributed by atoms with van der Waals surface area (Å²) in [4.78, 5) is 53.2. The summed E-state index contributed by atoms with van der Waals surface area (Å²) >= 11 is 0. The molecule has 2 aromatic carbocycles. The minimum Gasteiger partial charge on any atom is -0.476 e. The van der Waals surface area contributed by atoms with Gasteiger partial charge in [-0.25, -0.2) is 4.79 Å². The molecule has 8 fully saturated rings. The topological polar surface area (TPSA) is 228 Å². The van der Waals surface area contributed by atoms with Gasteiger partial charge in [0.05, 0.1) is 23.6 Å². The fourth-order valence-electron chi connectivity index (χ4n) is 18.5. The third kappa shape index (κ3) is 10.7. The lowest BCUT2D eigenvalue weighted by molar-refractivity contribution is -0.151. The van der Waals surface area contributed by atoms with Crippen molar-refractivity contribution in [1.82, 2.24) is 30.0 Å². The van der Waals surface area contributed by atoms with Gasteiger partial charge in [-0.1, -0.05) is 64.1 Å². The van der Waals surface area contributed by atoms with E-state index >= 15 is 0 Å². The Morgan fingerprint density at radius 3 is 1.40 bits per heavy atom. The highest BCUT2D eigenvalue weighted by atomic mass is 16.4. The number of rotatable bonds is 9. The van der Waals surface area contributed by atoms with Gasteiger partial charge in [0.1, 0.15) is 13.1 Å². The van der Waals surface area contributed by atoms with Crippen LogP contribution in [0, 0.1) is 80.8 Å². The van der Waals surface area contributed by atoms with Crippen LogP contribution in [0.3, 0.4) is 0 Å². The molecule has 8 aliphatic rings. The molecule has 0 bridgehead atoms. The second-order valence-electron chi connectivity index (χ2n) is 27.1. The molecular weight excluding hydrogens is 969 g/mol. The Labute approximate surface area is 455 Å². The quantitative estimate of drug-likeness (QED) is 0.0987. The van der Waals surface area contributed by atoms with Gasteiger partial charge in [0.2, 0.25) is 0 Å². The maximum absolute atomic E-state index is 13.6. The van der Waals surface area contributed by atoms with E-state index in [1.165, 1.54) is 60.5 Å². The number of nitrogen functional groups attached to an aromatic ring is 1. The first kappa shape index (κ1) is 55.1. The lowest BCUT2D eigenvalue weighted by atomic mass is 9.44. The molecule has 4 aromatic rings. The average Bonchev–Trinajstić information content (AvgIpc) is 4.30. The number of carboxylic acids is 1. The van der Waals surface area contributed by atoms with Crippen LogP contribution in [0.5, 0.6) is 0 Å². The number of para-hydroxylation sites is 2. The van der Waals surface area contributed by atoms with Crippen molar-refractivity contribution in [2.75, 3.05) is 11.1 Å². The number of aromatic carboxylic acids is 1. The van der Waals surface area contributed by atoms with E-state index in [1.54, 1.807) is 0 Å². The van der Waals surface area contributed by atoms with E-state index in [-0.39, 0.29) is 64.6 Å². The first-order valence-electron chi connectivity index (χ1n) is 29.2. The number of fused-ring (bicyclic) bond motifs is 10. The number of Topliss-reactive ketones (excluding diaryl/α,β-unsaturated/α-hetero) is 2. The Morgan fingerprint density at radius 1 is 0.545 bits per heavy atom. The van der Waals surface area contributed by atoms with E-state index in [4.69, 9.17) is 10.8 Å². The number of hydrogen-bond donors (Lipinski definition) is 5. The van der Waals surface area contributed by atoms with E-state index in [9.17, 15) is 29.4 Å². The normalized spacial score (nSPS) is 39.5. The lowest BCUT2D eigenvalue weighted by Crippen LogP contribution is -2.55. The Hall–Kier alpha value is -5.28. The molecule has 8 aliphatic carbocycles. The fourth-order valence-corrected chi connectivity index (χ4v) is 18.5. The molecular formula is C62H86N8O7. The summed E-state index contributed by atoms with van der Waals surface area (Å²) in [6.45, 7) is 13.9. The number of nitrogens with one attached hydrogen (secondary N) is 1. The van der Waals surface area contributed by atoms with Gasteiger partial charge in [-0.2, -0.15) is 19.8 Å². The maximum atomic E-state index is 13.6. The van der Waals surface area contributed by atoms with Crippen molar-refractivity contribution in [1.29, 1.82) is 0 Å². The van der Waals surface area contributed by atoms with Gasteiger partial charge >= 0.3 is 5.97 Å². The Morgan fingerprint density at radius 2 is 0.974 bits per heavy atom. The van der Waals surface area contributed by atoms with E-state index < -0.39 is 17.2 Å². The van der Waals surface area contributed by atoms with Crippen molar-refractivity contribution in [3.05, 3.63) is 84.4 Å². The second-order valence-corrected chi connectivity index (χ2v) is 27.1. The average molecular weight is 1060 g/mol. The fraction of sp³-hybridized carbons (Fsp3) is 0.677. The molecule has 12 rings (SSSR count). The van der Waals surface area contributed by atoms with Crippen LogP contribution in [0.1, 0.15) is 178 Å². The predicted octanol–water partition coefficient (Wildman–Crippen LogP) is 10.7. The molecule has 0 aliphatic heterocycles. The molecule has 0 spiro atoms. The van der Waals surface area contributed by atoms with Crippen molar-refractivity contribution in [3.63, 3.8) is 0 Å². The van der Waals surface area contributed by atoms with Gasteiger partial charge in [0, 0.05) is 23.2 Å². The molecule has 15 nitrogen and oxygen atoms in total. The van der Waals surface area contributed by atoms with Crippen molar-refractivity contribution in [2.45, 2.75) is 181 Å². The highest BCUT2D eigenvalue weighted by Gasteiger charge is 2.63. The number of aliphatic hydroxyl groups is 2. The van der Waals surface area contributed by atoms with Gasteiger partial charge in [0.15, 0.2) is 23.0 Å². The highest BCUT2D eigenvalue weighted by Crippen LogP contribution is 2.70. The number of aromatic nitrogens is 6. The Balaban J connectivity index is 0.000000157. The first-order valence-corrected chi connectivity index (χ1v) is 29.2. The number of nitrogens with two attached hydrogens (primary N) is 1. The van der Waals surface area contributed by atoms with E-state index in [1.807, 2.05) is 74.5 Å². The van der Waals surface area contributed by atoms with Crippen LogP contribution >= 0.6 is 0 Å².